The number of aromatic nitrogens is 5. The number of methoxy groups -OCH3 is 2. The van der Waals surface area contributed by atoms with Crippen molar-refractivity contribution < 1.29 is 23.7 Å². The number of benzene rings is 1. The Kier molecular flexibility index (Phi) is 6.28. The zero-order chi connectivity index (χ0) is 21.8. The van der Waals surface area contributed by atoms with Gasteiger partial charge in [0.25, 0.3) is 0 Å². The van der Waals surface area contributed by atoms with Crippen molar-refractivity contribution in [2.45, 2.75) is 11.7 Å². The number of nitrogens with one attached hydrogen (secondary N) is 1. The summed E-state index contributed by atoms with van der Waals surface area (Å²) in [5.74, 6) is 2.30. The number of rotatable bonds is 9. The van der Waals surface area contributed by atoms with E-state index in [1.807, 2.05) is 10.8 Å². The topological polar surface area (TPSA) is 115 Å². The van der Waals surface area contributed by atoms with E-state index in [-0.39, 0.29) is 18.5 Å². The minimum Gasteiger partial charge on any atom is -0.479 e. The highest BCUT2D eigenvalue weighted by molar-refractivity contribution is 7.99. The number of nitrogens with zero attached hydrogens (tertiary/aromatic N) is 5. The molecule has 4 rings (SSSR count). The molecule has 31 heavy (non-hydrogen) atoms. The Labute approximate surface area is 182 Å². The Morgan fingerprint density at radius 1 is 1.26 bits per heavy atom. The van der Waals surface area contributed by atoms with Crippen LogP contribution in [0, 0.1) is 0 Å². The van der Waals surface area contributed by atoms with E-state index in [0.717, 1.165) is 0 Å². The summed E-state index contributed by atoms with van der Waals surface area (Å²) in [4.78, 5) is 12.5. The van der Waals surface area contributed by atoms with Crippen molar-refractivity contribution in [1.29, 1.82) is 0 Å². The Morgan fingerprint density at radius 3 is 2.90 bits per heavy atom. The van der Waals surface area contributed by atoms with Gasteiger partial charge < -0.3 is 24.3 Å². The molecule has 0 bridgehead atoms. The maximum atomic E-state index is 12.5. The molecule has 0 unspecified atom stereocenters. The quantitative estimate of drug-likeness (QED) is 0.491. The first-order chi connectivity index (χ1) is 15.1. The van der Waals surface area contributed by atoms with E-state index in [0.29, 0.717) is 52.8 Å². The van der Waals surface area contributed by atoms with E-state index < -0.39 is 0 Å². The van der Waals surface area contributed by atoms with Gasteiger partial charge in [0.05, 0.1) is 26.0 Å². The SMILES string of the molecule is COCCn1c(SCC(=O)Nc2ccc3c(c2)OCO3)nnc1-c1cn(C)nc1OC. The van der Waals surface area contributed by atoms with Gasteiger partial charge in [-0.25, -0.2) is 0 Å². The van der Waals surface area contributed by atoms with E-state index in [9.17, 15) is 4.79 Å². The minimum atomic E-state index is -0.175. The lowest BCUT2D eigenvalue weighted by atomic mass is 10.3. The third-order valence-electron chi connectivity index (χ3n) is 4.45. The van der Waals surface area contributed by atoms with Gasteiger partial charge in [-0.3, -0.25) is 14.0 Å². The maximum absolute atomic E-state index is 12.5. The van der Waals surface area contributed by atoms with Gasteiger partial charge in [-0.15, -0.1) is 15.3 Å². The molecule has 11 nitrogen and oxygen atoms in total. The highest BCUT2D eigenvalue weighted by Crippen LogP contribution is 2.34. The number of fused-ring (bicyclic) bond motifs is 1. The zero-order valence-corrected chi connectivity index (χ0v) is 18.1. The van der Waals surface area contributed by atoms with Crippen LogP contribution in [-0.4, -0.2) is 63.8 Å². The molecule has 0 atom stereocenters. The summed E-state index contributed by atoms with van der Waals surface area (Å²) in [5.41, 5.74) is 1.35. The summed E-state index contributed by atoms with van der Waals surface area (Å²) in [6.07, 6.45) is 1.81. The van der Waals surface area contributed by atoms with Crippen LogP contribution in [0.5, 0.6) is 17.4 Å². The first-order valence-corrected chi connectivity index (χ1v) is 10.4. The first-order valence-electron chi connectivity index (χ1n) is 9.41. The molecule has 3 heterocycles. The summed E-state index contributed by atoms with van der Waals surface area (Å²) >= 11 is 1.28. The Hall–Kier alpha value is -3.25. The normalized spacial score (nSPS) is 12.2. The van der Waals surface area contributed by atoms with Gasteiger partial charge in [0.1, 0.15) is 5.56 Å². The number of amides is 1. The Balaban J connectivity index is 1.47. The van der Waals surface area contributed by atoms with Gasteiger partial charge in [-0.05, 0) is 12.1 Å². The number of hydrogen-bond acceptors (Lipinski definition) is 9. The molecular formula is C19H22N6O5S. The second kappa shape index (κ2) is 9.27. The highest BCUT2D eigenvalue weighted by Gasteiger charge is 2.21. The molecule has 0 fully saturated rings. The lowest BCUT2D eigenvalue weighted by molar-refractivity contribution is -0.113. The third-order valence-corrected chi connectivity index (χ3v) is 5.42. The average Bonchev–Trinajstić information content (AvgIpc) is 3.47. The molecule has 3 aromatic rings. The Bertz CT molecular complexity index is 1080. The van der Waals surface area contributed by atoms with Crippen molar-refractivity contribution in [3.63, 3.8) is 0 Å². The minimum absolute atomic E-state index is 0.156. The number of hydrogen-bond donors (Lipinski definition) is 1. The lowest BCUT2D eigenvalue weighted by Gasteiger charge is -2.10. The fourth-order valence-electron chi connectivity index (χ4n) is 3.05. The second-order valence-electron chi connectivity index (χ2n) is 6.58. The van der Waals surface area contributed by atoms with Gasteiger partial charge >= 0.3 is 0 Å². The van der Waals surface area contributed by atoms with Crippen molar-refractivity contribution in [2.24, 2.45) is 7.05 Å². The van der Waals surface area contributed by atoms with Crippen LogP contribution in [0.15, 0.2) is 29.6 Å². The van der Waals surface area contributed by atoms with E-state index in [1.165, 1.54) is 11.8 Å². The molecule has 1 N–H and O–H groups in total. The monoisotopic (exact) mass is 446 g/mol. The van der Waals surface area contributed by atoms with E-state index in [4.69, 9.17) is 18.9 Å². The van der Waals surface area contributed by atoms with Crippen molar-refractivity contribution >= 4 is 23.4 Å². The van der Waals surface area contributed by atoms with Crippen LogP contribution in [0.4, 0.5) is 5.69 Å². The molecule has 1 aromatic carbocycles. The smallest absolute Gasteiger partial charge is 0.243 e. The summed E-state index contributed by atoms with van der Waals surface area (Å²) in [6.45, 7) is 1.16. The van der Waals surface area contributed by atoms with Crippen molar-refractivity contribution in [2.75, 3.05) is 38.7 Å². The maximum Gasteiger partial charge on any atom is 0.243 e. The summed E-state index contributed by atoms with van der Waals surface area (Å²) < 4.78 is 24.7. The third kappa shape index (κ3) is 4.59. The predicted molar refractivity (Wildman–Crippen MR) is 113 cm³/mol. The molecule has 0 radical (unpaired) electrons. The number of carbonyl (C=O) groups is 1. The molecule has 164 valence electrons. The molecule has 1 aliphatic rings. The number of anilines is 1. The van der Waals surface area contributed by atoms with Gasteiger partial charge in [0.2, 0.25) is 18.6 Å². The largest absolute Gasteiger partial charge is 0.479 e. The van der Waals surface area contributed by atoms with Crippen LogP contribution in [0.2, 0.25) is 0 Å². The van der Waals surface area contributed by atoms with E-state index in [1.54, 1.807) is 44.1 Å². The highest BCUT2D eigenvalue weighted by atomic mass is 32.2. The van der Waals surface area contributed by atoms with E-state index in [2.05, 4.69) is 20.6 Å². The van der Waals surface area contributed by atoms with E-state index >= 15 is 0 Å². The zero-order valence-electron chi connectivity index (χ0n) is 17.3. The number of aryl methyl sites for hydroxylation is 1. The van der Waals surface area contributed by atoms with Gasteiger partial charge in [-0.1, -0.05) is 11.8 Å². The fraction of sp³-hybridized carbons (Fsp3) is 0.368. The molecule has 0 aliphatic carbocycles. The fourth-order valence-corrected chi connectivity index (χ4v) is 3.82. The number of thioether (sulfide) groups is 1. The molecular weight excluding hydrogens is 424 g/mol. The van der Waals surface area contributed by atoms with Gasteiger partial charge in [-0.2, -0.15) is 0 Å². The van der Waals surface area contributed by atoms with Crippen LogP contribution in [0.1, 0.15) is 0 Å². The summed E-state index contributed by atoms with van der Waals surface area (Å²) in [7, 11) is 4.98. The van der Waals surface area contributed by atoms with Crippen molar-refractivity contribution in [3.05, 3.63) is 24.4 Å². The Morgan fingerprint density at radius 2 is 2.10 bits per heavy atom. The van der Waals surface area contributed by atoms with Crippen LogP contribution in [0.3, 0.4) is 0 Å². The molecule has 12 heteroatoms. The molecule has 1 amide bonds. The number of carbonyl (C=O) groups excluding carboxylic acids is 1. The number of ether oxygens (including phenoxy) is 4. The molecule has 0 spiro atoms. The summed E-state index contributed by atoms with van der Waals surface area (Å²) in [5, 5.41) is 16.3. The van der Waals surface area contributed by atoms with Gasteiger partial charge in [0, 0.05) is 32.1 Å². The van der Waals surface area contributed by atoms with Crippen LogP contribution < -0.4 is 19.5 Å². The molecule has 0 saturated heterocycles. The first kappa shape index (κ1) is 21.0. The van der Waals surface area contributed by atoms with Crippen LogP contribution in [0.25, 0.3) is 11.4 Å². The van der Waals surface area contributed by atoms with Crippen molar-refractivity contribution in [3.8, 4) is 28.8 Å². The van der Waals surface area contributed by atoms with Gasteiger partial charge in [0.15, 0.2) is 22.5 Å². The molecule has 2 aromatic heterocycles. The lowest BCUT2D eigenvalue weighted by Crippen LogP contribution is -2.15. The predicted octanol–water partition coefficient (Wildman–Crippen LogP) is 1.79. The van der Waals surface area contributed by atoms with Crippen molar-refractivity contribution in [1.82, 2.24) is 24.5 Å². The summed E-state index contributed by atoms with van der Waals surface area (Å²) in [6, 6.07) is 5.27. The van der Waals surface area contributed by atoms with Crippen LogP contribution >= 0.6 is 11.8 Å². The van der Waals surface area contributed by atoms with Crippen LogP contribution in [-0.2, 0) is 23.1 Å². The second-order valence-corrected chi connectivity index (χ2v) is 7.52. The molecule has 1 aliphatic heterocycles. The molecule has 0 saturated carbocycles. The standard InChI is InChI=1S/C19H22N6O5S/c1-24-9-13(18(23-24)28-3)17-21-22-19(25(17)6-7-27-2)31-10-16(26)20-12-4-5-14-15(8-12)30-11-29-14/h4-5,8-9H,6-7,10-11H2,1-3H3,(H,20,26). The average molecular weight is 446 g/mol.